The van der Waals surface area contributed by atoms with Crippen molar-refractivity contribution < 1.29 is 19.4 Å². The van der Waals surface area contributed by atoms with E-state index in [0.717, 1.165) is 24.2 Å². The summed E-state index contributed by atoms with van der Waals surface area (Å²) >= 11 is 1.07. The number of unbranched alkanes of at least 4 members (excludes halogenated alkanes) is 1. The number of carboxylic acids is 1. The Morgan fingerprint density at radius 3 is 2.88 bits per heavy atom. The van der Waals surface area contributed by atoms with Gasteiger partial charge in [0.2, 0.25) is 0 Å². The quantitative estimate of drug-likeness (QED) is 0.729. The number of carbonyl (C=O) groups excluding carboxylic acids is 1. The van der Waals surface area contributed by atoms with Crippen molar-refractivity contribution in [2.45, 2.75) is 19.8 Å². The number of carboxylic acid groups (broad SMARTS) is 1. The van der Waals surface area contributed by atoms with Gasteiger partial charge in [0.1, 0.15) is 10.6 Å². The number of ether oxygens (including phenoxy) is 1. The summed E-state index contributed by atoms with van der Waals surface area (Å²) in [6, 6.07) is 1.41. The van der Waals surface area contributed by atoms with Gasteiger partial charge in [0.25, 0.3) is 5.91 Å². The fourth-order valence-corrected chi connectivity index (χ4v) is 1.78. The predicted octanol–water partition coefficient (Wildman–Crippen LogP) is 1.74. The van der Waals surface area contributed by atoms with Gasteiger partial charge in [0, 0.05) is 18.0 Å². The molecule has 94 valence electrons. The second-order valence-electron chi connectivity index (χ2n) is 3.44. The molecule has 0 saturated heterocycles. The molecule has 1 rings (SSSR count). The fourth-order valence-electron chi connectivity index (χ4n) is 1.11. The molecule has 0 bridgehead atoms. The molecule has 1 aromatic rings. The predicted molar refractivity (Wildman–Crippen MR) is 64.7 cm³/mol. The van der Waals surface area contributed by atoms with Crippen molar-refractivity contribution >= 4 is 23.2 Å². The lowest BCUT2D eigenvalue weighted by molar-refractivity contribution is -0.123. The van der Waals surface area contributed by atoms with Crippen molar-refractivity contribution in [1.29, 1.82) is 0 Å². The number of thiophene rings is 1. The van der Waals surface area contributed by atoms with Crippen molar-refractivity contribution in [3.05, 3.63) is 16.3 Å². The number of hydrogen-bond acceptors (Lipinski definition) is 4. The lowest BCUT2D eigenvalue weighted by atomic mass is 10.3. The van der Waals surface area contributed by atoms with E-state index in [1.807, 2.05) is 6.92 Å². The highest BCUT2D eigenvalue weighted by atomic mass is 32.1. The average molecular weight is 257 g/mol. The number of rotatable bonds is 7. The van der Waals surface area contributed by atoms with Gasteiger partial charge in [-0.15, -0.1) is 11.3 Å². The van der Waals surface area contributed by atoms with Gasteiger partial charge in [0.05, 0.1) is 0 Å². The Labute approximate surface area is 103 Å². The molecule has 0 aromatic carbocycles. The third kappa shape index (κ3) is 4.86. The minimum absolute atomic E-state index is 0.0838. The molecular formula is C11H15NO4S. The molecule has 6 heteroatoms. The van der Waals surface area contributed by atoms with Crippen LogP contribution in [-0.2, 0) is 4.79 Å². The van der Waals surface area contributed by atoms with E-state index < -0.39 is 5.97 Å². The minimum Gasteiger partial charge on any atom is -0.483 e. The molecule has 1 amide bonds. The van der Waals surface area contributed by atoms with Crippen LogP contribution in [0, 0.1) is 0 Å². The Morgan fingerprint density at radius 2 is 2.29 bits per heavy atom. The molecule has 5 nitrogen and oxygen atoms in total. The molecule has 0 radical (unpaired) electrons. The maximum Gasteiger partial charge on any atom is 0.346 e. The summed E-state index contributed by atoms with van der Waals surface area (Å²) in [5, 5.41) is 13.0. The molecule has 0 aliphatic rings. The summed E-state index contributed by atoms with van der Waals surface area (Å²) in [7, 11) is 0. The number of aromatic carboxylic acids is 1. The molecule has 0 fully saturated rings. The molecule has 0 atom stereocenters. The molecular weight excluding hydrogens is 242 g/mol. The Morgan fingerprint density at radius 1 is 1.53 bits per heavy atom. The van der Waals surface area contributed by atoms with Crippen LogP contribution in [0.2, 0.25) is 0 Å². The van der Waals surface area contributed by atoms with E-state index in [2.05, 4.69) is 5.32 Å². The molecule has 0 aliphatic heterocycles. The van der Waals surface area contributed by atoms with Gasteiger partial charge in [-0.25, -0.2) is 4.79 Å². The van der Waals surface area contributed by atoms with Crippen molar-refractivity contribution in [1.82, 2.24) is 5.32 Å². The van der Waals surface area contributed by atoms with E-state index in [0.29, 0.717) is 12.3 Å². The van der Waals surface area contributed by atoms with E-state index in [9.17, 15) is 9.59 Å². The minimum atomic E-state index is -0.989. The normalized spacial score (nSPS) is 9.94. The van der Waals surface area contributed by atoms with E-state index >= 15 is 0 Å². The lowest BCUT2D eigenvalue weighted by Crippen LogP contribution is -2.29. The maximum atomic E-state index is 11.3. The van der Waals surface area contributed by atoms with Crippen molar-refractivity contribution in [2.75, 3.05) is 13.2 Å². The molecule has 17 heavy (non-hydrogen) atoms. The molecule has 1 heterocycles. The van der Waals surface area contributed by atoms with E-state index in [1.54, 1.807) is 5.38 Å². The van der Waals surface area contributed by atoms with Crippen LogP contribution in [0.1, 0.15) is 29.4 Å². The summed E-state index contributed by atoms with van der Waals surface area (Å²) < 4.78 is 5.16. The zero-order valence-electron chi connectivity index (χ0n) is 9.56. The first-order valence-corrected chi connectivity index (χ1v) is 6.22. The summed E-state index contributed by atoms with van der Waals surface area (Å²) in [6.07, 6.45) is 1.96. The maximum absolute atomic E-state index is 11.3. The van der Waals surface area contributed by atoms with Gasteiger partial charge in [-0.1, -0.05) is 13.3 Å². The summed E-state index contributed by atoms with van der Waals surface area (Å²) in [5.74, 6) is -0.767. The Kier molecular flexibility index (Phi) is 5.48. The van der Waals surface area contributed by atoms with Crippen LogP contribution in [0.4, 0.5) is 0 Å². The van der Waals surface area contributed by atoms with Gasteiger partial charge in [-0.2, -0.15) is 0 Å². The molecule has 0 unspecified atom stereocenters. The first kappa shape index (κ1) is 13.5. The van der Waals surface area contributed by atoms with Crippen molar-refractivity contribution in [3.63, 3.8) is 0 Å². The first-order chi connectivity index (χ1) is 8.13. The summed E-state index contributed by atoms with van der Waals surface area (Å²) in [6.45, 7) is 2.60. The zero-order chi connectivity index (χ0) is 12.7. The lowest BCUT2D eigenvalue weighted by Gasteiger charge is -2.04. The SMILES string of the molecule is CCCCNC(=O)COc1csc(C(=O)O)c1. The van der Waals surface area contributed by atoms with Gasteiger partial charge in [0.15, 0.2) is 6.61 Å². The number of hydrogen-bond donors (Lipinski definition) is 2. The topological polar surface area (TPSA) is 75.6 Å². The van der Waals surface area contributed by atoms with Crippen LogP contribution in [0.5, 0.6) is 5.75 Å². The number of carbonyl (C=O) groups is 2. The second-order valence-corrected chi connectivity index (χ2v) is 4.36. The molecule has 0 aliphatic carbocycles. The first-order valence-electron chi connectivity index (χ1n) is 5.34. The van der Waals surface area contributed by atoms with Crippen molar-refractivity contribution in [2.24, 2.45) is 0 Å². The van der Waals surface area contributed by atoms with E-state index in [-0.39, 0.29) is 17.4 Å². The molecule has 0 spiro atoms. The Bertz CT molecular complexity index is 389. The van der Waals surface area contributed by atoms with E-state index in [4.69, 9.17) is 9.84 Å². The van der Waals surface area contributed by atoms with E-state index in [1.165, 1.54) is 6.07 Å². The third-order valence-electron chi connectivity index (χ3n) is 2.01. The molecule has 0 saturated carbocycles. The number of nitrogens with one attached hydrogen (secondary N) is 1. The highest BCUT2D eigenvalue weighted by Gasteiger charge is 2.08. The van der Waals surface area contributed by atoms with Crippen LogP contribution in [-0.4, -0.2) is 30.1 Å². The number of amides is 1. The smallest absolute Gasteiger partial charge is 0.346 e. The van der Waals surface area contributed by atoms with Crippen molar-refractivity contribution in [3.8, 4) is 5.75 Å². The second kappa shape index (κ2) is 6.90. The highest BCUT2D eigenvalue weighted by Crippen LogP contribution is 2.21. The largest absolute Gasteiger partial charge is 0.483 e. The molecule has 1 aromatic heterocycles. The van der Waals surface area contributed by atoms with Crippen LogP contribution in [0.25, 0.3) is 0 Å². The third-order valence-corrected chi connectivity index (χ3v) is 2.91. The fraction of sp³-hybridized carbons (Fsp3) is 0.455. The Balaban J connectivity index is 2.29. The zero-order valence-corrected chi connectivity index (χ0v) is 10.4. The van der Waals surface area contributed by atoms with Crippen LogP contribution >= 0.6 is 11.3 Å². The standard InChI is InChI=1S/C11H15NO4S/c1-2-3-4-12-10(13)6-16-8-5-9(11(14)15)17-7-8/h5,7H,2-4,6H2,1H3,(H,12,13)(H,14,15). The van der Waals surface area contributed by atoms with Crippen LogP contribution in [0.15, 0.2) is 11.4 Å². The monoisotopic (exact) mass is 257 g/mol. The van der Waals surface area contributed by atoms with Gasteiger partial charge in [-0.3, -0.25) is 4.79 Å². The Hall–Kier alpha value is -1.56. The van der Waals surface area contributed by atoms with Crippen LogP contribution < -0.4 is 10.1 Å². The van der Waals surface area contributed by atoms with Gasteiger partial charge < -0.3 is 15.2 Å². The highest BCUT2D eigenvalue weighted by molar-refractivity contribution is 7.12. The van der Waals surface area contributed by atoms with Crippen LogP contribution in [0.3, 0.4) is 0 Å². The summed E-state index contributed by atoms with van der Waals surface area (Å²) in [5.41, 5.74) is 0. The summed E-state index contributed by atoms with van der Waals surface area (Å²) in [4.78, 5) is 22.1. The average Bonchev–Trinajstić information content (AvgIpc) is 2.75. The molecule has 2 N–H and O–H groups in total. The van der Waals surface area contributed by atoms with Gasteiger partial charge >= 0.3 is 5.97 Å². The van der Waals surface area contributed by atoms with Gasteiger partial charge in [-0.05, 0) is 6.42 Å².